The quantitative estimate of drug-likeness (QED) is 0.0457. The maximum atomic E-state index is 3.76. The van der Waals surface area contributed by atoms with Gasteiger partial charge in [0.1, 0.15) is 0 Å². The zero-order chi connectivity index (χ0) is 32.2. The second-order valence-electron chi connectivity index (χ2n) is 10.8. The Hall–Kier alpha value is -2.09. The molecular formula is C43H56P2Pt. The van der Waals surface area contributed by atoms with E-state index in [1.165, 1.54) is 78.5 Å². The van der Waals surface area contributed by atoms with E-state index in [9.17, 15) is 0 Å². The van der Waals surface area contributed by atoms with E-state index >= 15 is 0 Å². The van der Waals surface area contributed by atoms with E-state index in [0.29, 0.717) is 0 Å². The number of allylic oxidation sites excluding steroid dienone is 4. The zero-order valence-corrected chi connectivity index (χ0v) is 32.3. The van der Waals surface area contributed by atoms with Crippen molar-refractivity contribution in [1.82, 2.24) is 0 Å². The Morgan fingerprint density at radius 2 is 0.717 bits per heavy atom. The molecule has 0 atom stereocenters. The molecule has 248 valence electrons. The maximum absolute atomic E-state index is 3.76. The minimum Gasteiger partial charge on any atom is -0.343 e. The van der Waals surface area contributed by atoms with Gasteiger partial charge in [-0.25, -0.2) is 0 Å². The number of benzene rings is 4. The zero-order valence-electron chi connectivity index (χ0n) is 28.3. The molecule has 0 bridgehead atoms. The third-order valence-corrected chi connectivity index (χ3v) is 12.5. The summed E-state index contributed by atoms with van der Waals surface area (Å²) in [5, 5.41) is 5.94. The van der Waals surface area contributed by atoms with Gasteiger partial charge in [0.05, 0.1) is 0 Å². The summed E-state index contributed by atoms with van der Waals surface area (Å²) < 4.78 is 0. The molecule has 0 aliphatic rings. The molecule has 0 aromatic heterocycles. The topological polar surface area (TPSA) is 0 Å². The van der Waals surface area contributed by atoms with Crippen LogP contribution in [0.5, 0.6) is 0 Å². The molecule has 0 saturated carbocycles. The van der Waals surface area contributed by atoms with Gasteiger partial charge in [-0.1, -0.05) is 171 Å². The Morgan fingerprint density at radius 1 is 0.435 bits per heavy atom. The van der Waals surface area contributed by atoms with Crippen LogP contribution in [0.3, 0.4) is 0 Å². The molecule has 0 aliphatic heterocycles. The molecule has 0 unspecified atom stereocenters. The summed E-state index contributed by atoms with van der Waals surface area (Å²) >= 11 is 0. The predicted molar refractivity (Wildman–Crippen MR) is 210 cm³/mol. The van der Waals surface area contributed by atoms with E-state index < -0.39 is 0 Å². The summed E-state index contributed by atoms with van der Waals surface area (Å²) in [6.07, 6.45) is 22.1. The minimum absolute atomic E-state index is 0. The average Bonchev–Trinajstić information content (AvgIpc) is 3.11. The van der Waals surface area contributed by atoms with E-state index in [1.54, 1.807) is 0 Å². The first-order valence-electron chi connectivity index (χ1n) is 16.8. The molecule has 0 radical (unpaired) electrons. The fourth-order valence-corrected chi connectivity index (χ4v) is 9.80. The summed E-state index contributed by atoms with van der Waals surface area (Å²) in [5.41, 5.74) is 0. The molecule has 0 nitrogen and oxygen atoms in total. The first-order valence-corrected chi connectivity index (χ1v) is 19.9. The molecule has 0 saturated heterocycles. The van der Waals surface area contributed by atoms with Gasteiger partial charge in [-0.15, -0.1) is 0 Å². The van der Waals surface area contributed by atoms with Crippen LogP contribution in [0, 0.1) is 13.8 Å². The summed E-state index contributed by atoms with van der Waals surface area (Å²) in [6, 6.07) is 44.3. The largest absolute Gasteiger partial charge is 2.00 e. The van der Waals surface area contributed by atoms with E-state index in [-0.39, 0.29) is 36.9 Å². The molecule has 0 amide bonds. The summed E-state index contributed by atoms with van der Waals surface area (Å²) in [5.74, 6) is 0. The first kappa shape index (κ1) is 41.9. The molecule has 4 rings (SSSR count). The molecule has 0 N–H and O–H groups in total. The number of hydrogen-bond acceptors (Lipinski definition) is 0. The van der Waals surface area contributed by atoms with Gasteiger partial charge < -0.3 is 13.8 Å². The third-order valence-electron chi connectivity index (χ3n) is 7.25. The van der Waals surface area contributed by atoms with E-state index in [4.69, 9.17) is 0 Å². The van der Waals surface area contributed by atoms with Crippen molar-refractivity contribution in [3.05, 3.63) is 159 Å². The Bertz CT molecular complexity index is 1080. The molecule has 4 aromatic carbocycles. The van der Waals surface area contributed by atoms with Gasteiger partial charge in [0, 0.05) is 0 Å². The van der Waals surface area contributed by atoms with Crippen LogP contribution < -0.4 is 21.2 Å². The van der Waals surface area contributed by atoms with Crippen LogP contribution in [0.4, 0.5) is 0 Å². The van der Waals surface area contributed by atoms with Crippen LogP contribution in [0.1, 0.15) is 71.6 Å². The molecule has 0 fully saturated rings. The van der Waals surface area contributed by atoms with Gasteiger partial charge in [-0.3, -0.25) is 0 Å². The van der Waals surface area contributed by atoms with Crippen molar-refractivity contribution in [2.75, 3.05) is 12.3 Å². The van der Waals surface area contributed by atoms with Gasteiger partial charge in [0.25, 0.3) is 0 Å². The summed E-state index contributed by atoms with van der Waals surface area (Å²) in [4.78, 5) is 0. The Balaban J connectivity index is 0.000000518. The van der Waals surface area contributed by atoms with E-state index in [0.717, 1.165) is 12.8 Å². The van der Waals surface area contributed by atoms with Crippen molar-refractivity contribution in [1.29, 1.82) is 0 Å². The van der Waals surface area contributed by atoms with Crippen LogP contribution in [-0.2, 0) is 21.1 Å². The maximum Gasteiger partial charge on any atom is 2.00 e. The minimum atomic E-state index is -0.309. The molecular weight excluding hydrogens is 773 g/mol. The Kier molecular flexibility index (Phi) is 26.5. The predicted octanol–water partition coefficient (Wildman–Crippen LogP) is 11.6. The molecule has 0 heterocycles. The van der Waals surface area contributed by atoms with Crippen LogP contribution in [-0.4, -0.2) is 12.3 Å². The fourth-order valence-electron chi connectivity index (χ4n) is 4.84. The number of unbranched alkanes of at least 4 members (excludes halogenated alkanes) is 6. The van der Waals surface area contributed by atoms with Crippen molar-refractivity contribution in [2.24, 2.45) is 0 Å². The van der Waals surface area contributed by atoms with Crippen molar-refractivity contribution in [3.8, 4) is 0 Å². The van der Waals surface area contributed by atoms with Gasteiger partial charge in [0.2, 0.25) is 0 Å². The van der Waals surface area contributed by atoms with Gasteiger partial charge in [-0.05, 0) is 82.5 Å². The van der Waals surface area contributed by atoms with Crippen molar-refractivity contribution < 1.29 is 21.1 Å². The number of hydrogen-bond donors (Lipinski definition) is 0. The third kappa shape index (κ3) is 18.3. The second-order valence-corrected chi connectivity index (χ2v) is 15.5. The second kappa shape index (κ2) is 29.1. The fraction of sp³-hybridized carbons (Fsp3) is 0.302. The average molecular weight is 830 g/mol. The monoisotopic (exact) mass is 829 g/mol. The first-order chi connectivity index (χ1) is 22.2. The van der Waals surface area contributed by atoms with Crippen molar-refractivity contribution >= 4 is 37.1 Å². The smallest absolute Gasteiger partial charge is 0.343 e. The van der Waals surface area contributed by atoms with Crippen LogP contribution in [0.2, 0.25) is 0 Å². The molecule has 3 heteroatoms. The normalized spacial score (nSPS) is 10.7. The van der Waals surface area contributed by atoms with Crippen molar-refractivity contribution in [3.63, 3.8) is 0 Å². The van der Waals surface area contributed by atoms with E-state index in [2.05, 4.69) is 173 Å². The van der Waals surface area contributed by atoms with E-state index in [1.807, 2.05) is 0 Å². The van der Waals surface area contributed by atoms with Crippen LogP contribution >= 0.6 is 15.8 Å². The SMILES string of the molecule is [CH2-]CCCC/C=C/C.[CH2-]CCCC/C=C/C.[Pt+2].c1ccc(P(CCCP(c2ccccc2)c2ccccc2)c2ccccc2)cc1. The van der Waals surface area contributed by atoms with Gasteiger partial charge >= 0.3 is 21.1 Å². The van der Waals surface area contributed by atoms with Crippen molar-refractivity contribution in [2.45, 2.75) is 71.6 Å². The molecule has 4 aromatic rings. The van der Waals surface area contributed by atoms with Crippen LogP contribution in [0.15, 0.2) is 146 Å². The Morgan fingerprint density at radius 3 is 0.957 bits per heavy atom. The van der Waals surface area contributed by atoms with Gasteiger partial charge in [-0.2, -0.15) is 12.8 Å². The summed E-state index contributed by atoms with van der Waals surface area (Å²) in [7, 11) is -0.618. The number of rotatable bonds is 16. The molecule has 0 aliphatic carbocycles. The Labute approximate surface area is 300 Å². The molecule has 0 spiro atoms. The molecule has 46 heavy (non-hydrogen) atoms. The van der Waals surface area contributed by atoms with Crippen LogP contribution in [0.25, 0.3) is 0 Å². The summed E-state index contributed by atoms with van der Waals surface area (Å²) in [6.45, 7) is 11.6. The standard InChI is InChI=1S/C27H26P2.2C8H15.Pt/c1-5-14-24(15-6-1)28(25-16-7-2-8-17-25)22-13-23-29(26-18-9-3-10-19-26)27-20-11-4-12-21-27;2*1-3-5-7-8-6-4-2;/h1-12,14-21H,13,22-23H2;2*4,6H,1,3,5,7-8H2,2H3;/q;2*-1;+2/b;2*6-4+;. The van der Waals surface area contributed by atoms with Gasteiger partial charge in [0.15, 0.2) is 0 Å².